The average molecular weight is 390 g/mol. The SMILES string of the molecule is Cc1ccc(Nc2nccc(-c3cn(-c4ccc(Cl)cc4)nc3C)n2)cc1C. The van der Waals surface area contributed by atoms with Gasteiger partial charge in [0.25, 0.3) is 0 Å². The Kier molecular flexibility index (Phi) is 4.84. The van der Waals surface area contributed by atoms with E-state index in [0.29, 0.717) is 11.0 Å². The van der Waals surface area contributed by atoms with Crippen molar-refractivity contribution in [2.45, 2.75) is 20.8 Å². The maximum Gasteiger partial charge on any atom is 0.227 e. The van der Waals surface area contributed by atoms with Crippen LogP contribution >= 0.6 is 11.6 Å². The first kappa shape index (κ1) is 18.2. The average Bonchev–Trinajstić information content (AvgIpc) is 3.07. The molecule has 1 N–H and O–H groups in total. The predicted octanol–water partition coefficient (Wildman–Crippen LogP) is 5.65. The number of rotatable bonds is 4. The lowest BCUT2D eigenvalue weighted by Gasteiger charge is -2.08. The van der Waals surface area contributed by atoms with Crippen molar-refractivity contribution in [3.63, 3.8) is 0 Å². The minimum Gasteiger partial charge on any atom is -0.324 e. The summed E-state index contributed by atoms with van der Waals surface area (Å²) >= 11 is 5.98. The van der Waals surface area contributed by atoms with Crippen LogP contribution in [0.3, 0.4) is 0 Å². The van der Waals surface area contributed by atoms with Gasteiger partial charge in [0.15, 0.2) is 0 Å². The van der Waals surface area contributed by atoms with Crippen LogP contribution in [0.15, 0.2) is 60.9 Å². The fraction of sp³-hybridized carbons (Fsp3) is 0.136. The van der Waals surface area contributed by atoms with Crippen molar-refractivity contribution < 1.29 is 0 Å². The van der Waals surface area contributed by atoms with Gasteiger partial charge in [-0.05, 0) is 74.4 Å². The molecule has 0 radical (unpaired) electrons. The maximum absolute atomic E-state index is 5.98. The van der Waals surface area contributed by atoms with Crippen LogP contribution < -0.4 is 5.32 Å². The van der Waals surface area contributed by atoms with E-state index >= 15 is 0 Å². The lowest BCUT2D eigenvalue weighted by atomic mass is 10.1. The molecule has 0 aliphatic heterocycles. The minimum absolute atomic E-state index is 0.555. The Labute approximate surface area is 169 Å². The van der Waals surface area contributed by atoms with Gasteiger partial charge in [0.05, 0.1) is 17.1 Å². The zero-order valence-corrected chi connectivity index (χ0v) is 16.7. The van der Waals surface area contributed by atoms with Crippen LogP contribution in [0.4, 0.5) is 11.6 Å². The largest absolute Gasteiger partial charge is 0.324 e. The van der Waals surface area contributed by atoms with E-state index in [2.05, 4.69) is 46.4 Å². The van der Waals surface area contributed by atoms with Crippen LogP contribution in [0.25, 0.3) is 16.9 Å². The molecule has 140 valence electrons. The Hall–Kier alpha value is -3.18. The van der Waals surface area contributed by atoms with E-state index in [4.69, 9.17) is 11.6 Å². The first-order valence-electron chi connectivity index (χ1n) is 8.99. The minimum atomic E-state index is 0.555. The molecule has 4 aromatic rings. The van der Waals surface area contributed by atoms with Crippen molar-refractivity contribution in [1.82, 2.24) is 19.7 Å². The molecule has 0 saturated heterocycles. The molecule has 0 amide bonds. The number of aromatic nitrogens is 4. The second-order valence-corrected chi connectivity index (χ2v) is 7.18. The van der Waals surface area contributed by atoms with Gasteiger partial charge in [0.1, 0.15) is 0 Å². The van der Waals surface area contributed by atoms with Crippen molar-refractivity contribution in [2.24, 2.45) is 0 Å². The summed E-state index contributed by atoms with van der Waals surface area (Å²) in [5, 5.41) is 8.60. The molecule has 0 aliphatic rings. The Morgan fingerprint density at radius 1 is 0.929 bits per heavy atom. The Balaban J connectivity index is 1.64. The van der Waals surface area contributed by atoms with Crippen molar-refractivity contribution >= 4 is 23.2 Å². The van der Waals surface area contributed by atoms with E-state index in [1.807, 2.05) is 54.2 Å². The second-order valence-electron chi connectivity index (χ2n) is 6.74. The van der Waals surface area contributed by atoms with Crippen LogP contribution in [-0.2, 0) is 0 Å². The zero-order chi connectivity index (χ0) is 19.7. The molecule has 0 bridgehead atoms. The first-order valence-corrected chi connectivity index (χ1v) is 9.37. The van der Waals surface area contributed by atoms with Crippen molar-refractivity contribution in [1.29, 1.82) is 0 Å². The Morgan fingerprint density at radius 2 is 1.71 bits per heavy atom. The van der Waals surface area contributed by atoms with Gasteiger partial charge in [0.2, 0.25) is 5.95 Å². The molecular weight excluding hydrogens is 370 g/mol. The van der Waals surface area contributed by atoms with Crippen molar-refractivity contribution in [3.05, 3.63) is 82.8 Å². The smallest absolute Gasteiger partial charge is 0.227 e. The predicted molar refractivity (Wildman–Crippen MR) is 114 cm³/mol. The lowest BCUT2D eigenvalue weighted by molar-refractivity contribution is 0.863. The summed E-state index contributed by atoms with van der Waals surface area (Å²) in [6.07, 6.45) is 3.73. The van der Waals surface area contributed by atoms with Gasteiger partial charge in [-0.2, -0.15) is 5.10 Å². The Bertz CT molecular complexity index is 1130. The van der Waals surface area contributed by atoms with E-state index in [1.54, 1.807) is 6.20 Å². The summed E-state index contributed by atoms with van der Waals surface area (Å²) < 4.78 is 1.83. The van der Waals surface area contributed by atoms with Gasteiger partial charge in [-0.1, -0.05) is 17.7 Å². The molecule has 4 rings (SSSR count). The van der Waals surface area contributed by atoms with Crippen LogP contribution in [0.1, 0.15) is 16.8 Å². The summed E-state index contributed by atoms with van der Waals surface area (Å²) in [6.45, 7) is 6.16. The number of benzene rings is 2. The van der Waals surface area contributed by atoms with E-state index in [1.165, 1.54) is 11.1 Å². The number of hydrogen-bond donors (Lipinski definition) is 1. The molecular formula is C22H20ClN5. The van der Waals surface area contributed by atoms with Gasteiger partial charge in [-0.25, -0.2) is 14.6 Å². The van der Waals surface area contributed by atoms with E-state index in [-0.39, 0.29) is 0 Å². The van der Waals surface area contributed by atoms with Gasteiger partial charge >= 0.3 is 0 Å². The lowest BCUT2D eigenvalue weighted by Crippen LogP contribution is -1.98. The highest BCUT2D eigenvalue weighted by Crippen LogP contribution is 2.24. The topological polar surface area (TPSA) is 55.6 Å². The second kappa shape index (κ2) is 7.44. The van der Waals surface area contributed by atoms with Gasteiger partial charge in [-0.15, -0.1) is 0 Å². The molecule has 0 fully saturated rings. The summed E-state index contributed by atoms with van der Waals surface area (Å²) in [7, 11) is 0. The van der Waals surface area contributed by atoms with Crippen LogP contribution in [0.2, 0.25) is 5.02 Å². The van der Waals surface area contributed by atoms with Crippen molar-refractivity contribution in [2.75, 3.05) is 5.32 Å². The molecule has 2 aromatic carbocycles. The number of halogens is 1. The zero-order valence-electron chi connectivity index (χ0n) is 15.9. The number of anilines is 2. The molecule has 5 nitrogen and oxygen atoms in total. The molecule has 0 aliphatic carbocycles. The molecule has 0 atom stereocenters. The summed E-state index contributed by atoms with van der Waals surface area (Å²) in [4.78, 5) is 9.03. The van der Waals surface area contributed by atoms with Crippen LogP contribution in [-0.4, -0.2) is 19.7 Å². The molecule has 28 heavy (non-hydrogen) atoms. The van der Waals surface area contributed by atoms with Gasteiger partial charge < -0.3 is 5.32 Å². The number of nitrogens with zero attached hydrogens (tertiary/aromatic N) is 4. The molecule has 0 saturated carbocycles. The highest BCUT2D eigenvalue weighted by molar-refractivity contribution is 6.30. The van der Waals surface area contributed by atoms with Gasteiger partial charge in [-0.3, -0.25) is 0 Å². The van der Waals surface area contributed by atoms with Crippen molar-refractivity contribution in [3.8, 4) is 16.9 Å². The van der Waals surface area contributed by atoms with Crippen LogP contribution in [0, 0.1) is 20.8 Å². The standard InChI is InChI=1S/C22H20ClN5/c1-14-4-7-18(12-15(14)2)25-22-24-11-10-21(26-22)20-13-28(27-16(20)3)19-8-5-17(23)6-9-19/h4-13H,1-3H3,(H,24,25,26). The van der Waals surface area contributed by atoms with Gasteiger partial charge in [0, 0.05) is 28.7 Å². The fourth-order valence-electron chi connectivity index (χ4n) is 2.95. The molecule has 0 spiro atoms. The number of nitrogens with one attached hydrogen (secondary N) is 1. The first-order chi connectivity index (χ1) is 13.5. The summed E-state index contributed by atoms with van der Waals surface area (Å²) in [6, 6.07) is 15.7. The molecule has 0 unspecified atom stereocenters. The van der Waals surface area contributed by atoms with E-state index in [9.17, 15) is 0 Å². The van der Waals surface area contributed by atoms with Crippen LogP contribution in [0.5, 0.6) is 0 Å². The summed E-state index contributed by atoms with van der Waals surface area (Å²) in [5.74, 6) is 0.555. The quantitative estimate of drug-likeness (QED) is 0.490. The third-order valence-electron chi connectivity index (χ3n) is 4.68. The fourth-order valence-corrected chi connectivity index (χ4v) is 3.08. The molecule has 2 heterocycles. The third-order valence-corrected chi connectivity index (χ3v) is 4.94. The molecule has 2 aromatic heterocycles. The monoisotopic (exact) mass is 389 g/mol. The summed E-state index contributed by atoms with van der Waals surface area (Å²) in [5.41, 5.74) is 7.06. The maximum atomic E-state index is 5.98. The number of aryl methyl sites for hydroxylation is 3. The highest BCUT2D eigenvalue weighted by Gasteiger charge is 2.11. The van der Waals surface area contributed by atoms with E-state index < -0.39 is 0 Å². The van der Waals surface area contributed by atoms with E-state index in [0.717, 1.165) is 28.3 Å². The molecule has 6 heteroatoms. The third kappa shape index (κ3) is 3.75. The number of hydrogen-bond acceptors (Lipinski definition) is 4. The normalized spacial score (nSPS) is 10.9. The highest BCUT2D eigenvalue weighted by atomic mass is 35.5. The Morgan fingerprint density at radius 3 is 2.46 bits per heavy atom.